The molecule has 0 saturated carbocycles. The first-order chi connectivity index (χ1) is 16.2. The molecule has 2 heterocycles. The van der Waals surface area contributed by atoms with Crippen LogP contribution in [0.3, 0.4) is 0 Å². The number of para-hydroxylation sites is 1. The van der Waals surface area contributed by atoms with Crippen molar-refractivity contribution < 1.29 is 14.3 Å². The predicted molar refractivity (Wildman–Crippen MR) is 126 cm³/mol. The van der Waals surface area contributed by atoms with Gasteiger partial charge >= 0.3 is 0 Å². The Kier molecular flexibility index (Phi) is 7.49. The van der Waals surface area contributed by atoms with Crippen molar-refractivity contribution in [2.24, 2.45) is 0 Å². The van der Waals surface area contributed by atoms with Crippen molar-refractivity contribution in [3.05, 3.63) is 83.8 Å². The number of aromatic amines is 1. The third kappa shape index (κ3) is 5.47. The van der Waals surface area contributed by atoms with Gasteiger partial charge in [0.1, 0.15) is 0 Å². The first kappa shape index (κ1) is 22.7. The Morgan fingerprint density at radius 1 is 1.06 bits per heavy atom. The maximum Gasteiger partial charge on any atom is 0.273 e. The molecule has 4 aromatic rings. The van der Waals surface area contributed by atoms with Crippen molar-refractivity contribution in [2.45, 2.75) is 32.6 Å². The topological polar surface area (TPSA) is 94.1 Å². The van der Waals surface area contributed by atoms with E-state index in [2.05, 4.69) is 44.9 Å². The van der Waals surface area contributed by atoms with E-state index in [1.54, 1.807) is 10.9 Å². The van der Waals surface area contributed by atoms with Crippen LogP contribution in [0.5, 0.6) is 0 Å². The summed E-state index contributed by atoms with van der Waals surface area (Å²) >= 11 is 0. The number of carbonyl (C=O) groups excluding carboxylic acids is 1. The van der Waals surface area contributed by atoms with E-state index in [0.717, 1.165) is 22.0 Å². The van der Waals surface area contributed by atoms with E-state index >= 15 is 0 Å². The average Bonchev–Trinajstić information content (AvgIpc) is 3.48. The van der Waals surface area contributed by atoms with Gasteiger partial charge in [-0.2, -0.15) is 0 Å². The average molecular weight is 448 g/mol. The van der Waals surface area contributed by atoms with Crippen LogP contribution >= 0.6 is 0 Å². The molecule has 33 heavy (non-hydrogen) atoms. The van der Waals surface area contributed by atoms with Crippen LogP contribution in [0.15, 0.2) is 67.0 Å². The molecule has 2 aromatic heterocycles. The minimum Gasteiger partial charge on any atom is -0.361 e. The summed E-state index contributed by atoms with van der Waals surface area (Å²) in [5.74, 6) is -0.284. The lowest BCUT2D eigenvalue weighted by atomic mass is 9.91. The largest absolute Gasteiger partial charge is 0.361 e. The van der Waals surface area contributed by atoms with Gasteiger partial charge in [-0.05, 0) is 31.0 Å². The second kappa shape index (κ2) is 10.9. The number of nitrogens with zero attached hydrogens (tertiary/aromatic N) is 3. The van der Waals surface area contributed by atoms with Crippen LogP contribution in [-0.4, -0.2) is 51.9 Å². The van der Waals surface area contributed by atoms with Gasteiger partial charge in [-0.3, -0.25) is 4.79 Å². The summed E-state index contributed by atoms with van der Waals surface area (Å²) in [7, 11) is 0. The van der Waals surface area contributed by atoms with Gasteiger partial charge in [-0.25, -0.2) is 4.68 Å². The summed E-state index contributed by atoms with van der Waals surface area (Å²) in [6.45, 7) is 5.66. The fourth-order valence-electron chi connectivity index (χ4n) is 3.93. The Morgan fingerprint density at radius 2 is 1.79 bits per heavy atom. The van der Waals surface area contributed by atoms with E-state index in [1.165, 1.54) is 0 Å². The molecule has 1 amide bonds. The second-order valence-corrected chi connectivity index (χ2v) is 7.63. The quantitative estimate of drug-likeness (QED) is 0.342. The number of nitrogens with one attached hydrogen (secondary N) is 2. The van der Waals surface area contributed by atoms with E-state index in [9.17, 15) is 4.79 Å². The van der Waals surface area contributed by atoms with Gasteiger partial charge in [0, 0.05) is 42.8 Å². The molecular formula is C25H29N5O3. The molecule has 0 aliphatic heterocycles. The summed E-state index contributed by atoms with van der Waals surface area (Å²) in [4.78, 5) is 16.2. The van der Waals surface area contributed by atoms with Crippen molar-refractivity contribution in [1.29, 1.82) is 0 Å². The van der Waals surface area contributed by atoms with E-state index in [1.807, 2.05) is 50.4 Å². The molecule has 1 atom stereocenters. The summed E-state index contributed by atoms with van der Waals surface area (Å²) < 4.78 is 12.7. The molecule has 172 valence electrons. The van der Waals surface area contributed by atoms with Crippen molar-refractivity contribution in [2.75, 3.05) is 19.8 Å². The Hall–Kier alpha value is -3.49. The molecule has 0 aliphatic carbocycles. The van der Waals surface area contributed by atoms with Gasteiger partial charge in [0.15, 0.2) is 12.0 Å². The lowest BCUT2D eigenvalue weighted by molar-refractivity contribution is -0.145. The normalized spacial score (nSPS) is 12.3. The SMILES string of the molecule is CCOC(Cn1cc(C(=O)NCC(c2ccccc2)c2c[nH]c3ccccc23)nn1)OCC. The first-order valence-electron chi connectivity index (χ1n) is 11.2. The van der Waals surface area contributed by atoms with E-state index in [4.69, 9.17) is 9.47 Å². The molecule has 8 heteroatoms. The zero-order valence-electron chi connectivity index (χ0n) is 18.9. The van der Waals surface area contributed by atoms with Crippen molar-refractivity contribution >= 4 is 16.8 Å². The number of hydrogen-bond acceptors (Lipinski definition) is 5. The fraction of sp³-hybridized carbons (Fsp3) is 0.320. The third-order valence-electron chi connectivity index (χ3n) is 5.48. The van der Waals surface area contributed by atoms with Crippen molar-refractivity contribution in [3.8, 4) is 0 Å². The van der Waals surface area contributed by atoms with Gasteiger partial charge in [0.05, 0.1) is 12.7 Å². The van der Waals surface area contributed by atoms with E-state index < -0.39 is 6.29 Å². The van der Waals surface area contributed by atoms with E-state index in [0.29, 0.717) is 26.3 Å². The maximum atomic E-state index is 12.9. The van der Waals surface area contributed by atoms with E-state index in [-0.39, 0.29) is 17.5 Å². The Labute approximate surface area is 192 Å². The highest BCUT2D eigenvalue weighted by molar-refractivity contribution is 5.92. The van der Waals surface area contributed by atoms with Crippen LogP contribution in [0.25, 0.3) is 10.9 Å². The van der Waals surface area contributed by atoms with Crippen LogP contribution in [0.2, 0.25) is 0 Å². The minimum absolute atomic E-state index is 0.0124. The number of rotatable bonds is 11. The van der Waals surface area contributed by atoms with Crippen LogP contribution in [0.1, 0.15) is 41.4 Å². The number of amides is 1. The van der Waals surface area contributed by atoms with Gasteiger partial charge < -0.3 is 19.8 Å². The molecule has 0 bridgehead atoms. The second-order valence-electron chi connectivity index (χ2n) is 7.63. The highest BCUT2D eigenvalue weighted by atomic mass is 16.7. The van der Waals surface area contributed by atoms with Crippen LogP contribution < -0.4 is 5.32 Å². The molecule has 0 saturated heterocycles. The Bertz CT molecular complexity index is 1160. The number of aromatic nitrogens is 4. The number of benzene rings is 2. The first-order valence-corrected chi connectivity index (χ1v) is 11.2. The monoisotopic (exact) mass is 447 g/mol. The number of carbonyl (C=O) groups is 1. The summed E-state index contributed by atoms with van der Waals surface area (Å²) in [6.07, 6.45) is 3.21. The summed E-state index contributed by atoms with van der Waals surface area (Å²) in [6, 6.07) is 18.4. The molecule has 0 fully saturated rings. The minimum atomic E-state index is -0.429. The molecule has 0 radical (unpaired) electrons. The molecule has 8 nitrogen and oxygen atoms in total. The zero-order chi connectivity index (χ0) is 23.0. The number of ether oxygens (including phenoxy) is 2. The van der Waals surface area contributed by atoms with Crippen LogP contribution in [0, 0.1) is 0 Å². The Balaban J connectivity index is 1.48. The molecule has 0 spiro atoms. The molecule has 2 aromatic carbocycles. The molecule has 2 N–H and O–H groups in total. The highest BCUT2D eigenvalue weighted by Gasteiger charge is 2.20. The number of fused-ring (bicyclic) bond motifs is 1. The number of hydrogen-bond donors (Lipinski definition) is 2. The maximum absolute atomic E-state index is 12.9. The van der Waals surface area contributed by atoms with Gasteiger partial charge in [-0.15, -0.1) is 5.10 Å². The fourth-order valence-corrected chi connectivity index (χ4v) is 3.93. The van der Waals surface area contributed by atoms with Gasteiger partial charge in [-0.1, -0.05) is 53.7 Å². The molecule has 1 unspecified atom stereocenters. The van der Waals surface area contributed by atoms with Crippen molar-refractivity contribution in [1.82, 2.24) is 25.3 Å². The third-order valence-corrected chi connectivity index (χ3v) is 5.48. The molecular weight excluding hydrogens is 418 g/mol. The summed E-state index contributed by atoms with van der Waals surface area (Å²) in [5.41, 5.74) is 3.59. The predicted octanol–water partition coefficient (Wildman–Crippen LogP) is 3.72. The smallest absolute Gasteiger partial charge is 0.273 e. The van der Waals surface area contributed by atoms with Crippen molar-refractivity contribution in [3.63, 3.8) is 0 Å². The van der Waals surface area contributed by atoms with Gasteiger partial charge in [0.25, 0.3) is 5.91 Å². The highest BCUT2D eigenvalue weighted by Crippen LogP contribution is 2.30. The Morgan fingerprint density at radius 3 is 2.55 bits per heavy atom. The van der Waals surface area contributed by atoms with Gasteiger partial charge in [0.2, 0.25) is 0 Å². The zero-order valence-corrected chi connectivity index (χ0v) is 18.9. The standard InChI is InChI=1S/C25H29N5O3/c1-3-32-24(33-4-2)17-30-16-23(28-29-30)25(31)27-14-20(18-10-6-5-7-11-18)21-15-26-22-13-9-8-12-19(21)22/h5-13,15-16,20,24,26H,3-4,14,17H2,1-2H3,(H,27,31). The molecule has 4 rings (SSSR count). The summed E-state index contributed by atoms with van der Waals surface area (Å²) in [5, 5.41) is 12.3. The van der Waals surface area contributed by atoms with Crippen LogP contribution in [-0.2, 0) is 16.0 Å². The molecule has 0 aliphatic rings. The lowest BCUT2D eigenvalue weighted by Gasteiger charge is -2.18. The lowest BCUT2D eigenvalue weighted by Crippen LogP contribution is -2.29. The number of H-pyrrole nitrogens is 1. The van der Waals surface area contributed by atoms with Crippen LogP contribution in [0.4, 0.5) is 0 Å².